The number of nitrogens with zero attached hydrogens (tertiary/aromatic N) is 1. The van der Waals surface area contributed by atoms with Crippen molar-refractivity contribution in [1.82, 2.24) is 4.57 Å². The van der Waals surface area contributed by atoms with Gasteiger partial charge in [0.05, 0.1) is 5.69 Å². The maximum Gasteiger partial charge on any atom is 0.326 e. The van der Waals surface area contributed by atoms with Gasteiger partial charge in [-0.05, 0) is 18.1 Å². The molecule has 0 saturated heterocycles. The topological polar surface area (TPSA) is 79.5 Å². The molecule has 0 aliphatic carbocycles. The van der Waals surface area contributed by atoms with Crippen LogP contribution in [0.25, 0.3) is 0 Å². The molecule has 1 rings (SSSR count). The number of aliphatic hydroxyl groups is 1. The van der Waals surface area contributed by atoms with E-state index in [1.807, 2.05) is 13.8 Å². The normalized spacial score (nSPS) is 14.3. The summed E-state index contributed by atoms with van der Waals surface area (Å²) in [6.45, 7) is 3.11. The molecular formula is C12H17NO4. The Balaban J connectivity index is 3.15. The molecule has 2 unspecified atom stereocenters. The number of aliphatic carboxylic acids is 1. The molecule has 2 atom stereocenters. The number of ketones is 1. The van der Waals surface area contributed by atoms with E-state index < -0.39 is 24.4 Å². The fourth-order valence-electron chi connectivity index (χ4n) is 1.81. The second-order valence-electron chi connectivity index (χ2n) is 4.05. The van der Waals surface area contributed by atoms with Gasteiger partial charge in [0, 0.05) is 6.20 Å². The first-order chi connectivity index (χ1) is 8.02. The third-order valence-corrected chi connectivity index (χ3v) is 2.94. The zero-order valence-corrected chi connectivity index (χ0v) is 9.96. The monoisotopic (exact) mass is 240 g/mol. The SMILES string of the molecule is CCC(C)C(C(=O)O)n1cccc1C(=O)[13CH2]O. The van der Waals surface area contributed by atoms with Gasteiger partial charge >= 0.3 is 5.97 Å². The number of aromatic nitrogens is 1. The average molecular weight is 240 g/mol. The molecule has 0 bridgehead atoms. The number of aliphatic hydroxyl groups excluding tert-OH is 1. The number of carbonyl (C=O) groups is 2. The maximum atomic E-state index is 11.5. The Kier molecular flexibility index (Phi) is 4.45. The van der Waals surface area contributed by atoms with Crippen molar-refractivity contribution >= 4 is 11.8 Å². The van der Waals surface area contributed by atoms with Crippen molar-refractivity contribution in [3.8, 4) is 0 Å². The second kappa shape index (κ2) is 5.63. The van der Waals surface area contributed by atoms with Crippen LogP contribution in [0.2, 0.25) is 0 Å². The van der Waals surface area contributed by atoms with Crippen LogP contribution in [0.1, 0.15) is 36.8 Å². The van der Waals surface area contributed by atoms with Gasteiger partial charge in [0.2, 0.25) is 5.78 Å². The molecule has 0 amide bonds. The van der Waals surface area contributed by atoms with Crippen LogP contribution in [0.4, 0.5) is 0 Å². The third kappa shape index (κ3) is 2.74. The summed E-state index contributed by atoms with van der Waals surface area (Å²) >= 11 is 0. The Morgan fingerprint density at radius 1 is 1.47 bits per heavy atom. The third-order valence-electron chi connectivity index (χ3n) is 2.94. The van der Waals surface area contributed by atoms with Gasteiger partial charge in [0.15, 0.2) is 0 Å². The number of Topliss-reactive ketones (excluding diaryl/α,β-unsaturated/α-hetero) is 1. The molecule has 2 N–H and O–H groups in total. The van der Waals surface area contributed by atoms with Crippen molar-refractivity contribution in [1.29, 1.82) is 0 Å². The first-order valence-electron chi connectivity index (χ1n) is 5.56. The summed E-state index contributed by atoms with van der Waals surface area (Å²) in [4.78, 5) is 22.7. The quantitative estimate of drug-likeness (QED) is 0.580. The highest BCUT2D eigenvalue weighted by Gasteiger charge is 2.27. The minimum Gasteiger partial charge on any atom is -0.480 e. The molecular weight excluding hydrogens is 223 g/mol. The number of hydrogen-bond acceptors (Lipinski definition) is 3. The van der Waals surface area contributed by atoms with E-state index in [0.717, 1.165) is 0 Å². The minimum atomic E-state index is -0.970. The van der Waals surface area contributed by atoms with Crippen LogP contribution >= 0.6 is 0 Å². The maximum absolute atomic E-state index is 11.5. The Hall–Kier alpha value is -1.62. The van der Waals surface area contributed by atoms with Gasteiger partial charge in [0.1, 0.15) is 12.6 Å². The highest BCUT2D eigenvalue weighted by Crippen LogP contribution is 2.23. The lowest BCUT2D eigenvalue weighted by molar-refractivity contribution is -0.142. The van der Waals surface area contributed by atoms with Crippen molar-refractivity contribution in [2.24, 2.45) is 5.92 Å². The predicted octanol–water partition coefficient (Wildman–Crippen LogP) is 1.33. The van der Waals surface area contributed by atoms with Gasteiger partial charge in [-0.1, -0.05) is 20.3 Å². The Labute approximate surface area is 99.7 Å². The first-order valence-corrected chi connectivity index (χ1v) is 5.56. The molecule has 17 heavy (non-hydrogen) atoms. The number of carbonyl (C=O) groups excluding carboxylic acids is 1. The summed E-state index contributed by atoms with van der Waals surface area (Å²) in [6, 6.07) is 2.36. The Morgan fingerprint density at radius 2 is 2.12 bits per heavy atom. The molecule has 1 aromatic rings. The van der Waals surface area contributed by atoms with Gasteiger partial charge in [0.25, 0.3) is 0 Å². The van der Waals surface area contributed by atoms with Crippen LogP contribution in [0.15, 0.2) is 18.3 Å². The molecule has 0 aliphatic rings. The molecule has 0 fully saturated rings. The summed E-state index contributed by atoms with van der Waals surface area (Å²) in [5, 5.41) is 18.1. The lowest BCUT2D eigenvalue weighted by atomic mass is 9.99. The standard InChI is InChI=1S/C12H17NO4/c1-3-8(2)11(12(16)17)13-6-4-5-9(13)10(15)7-14/h4-6,8,11,14H,3,7H2,1-2H3,(H,16,17)/i7+1. The van der Waals surface area contributed by atoms with Crippen molar-refractivity contribution in [3.63, 3.8) is 0 Å². The van der Waals surface area contributed by atoms with Crippen molar-refractivity contribution in [2.45, 2.75) is 26.3 Å². The molecule has 5 nitrogen and oxygen atoms in total. The van der Waals surface area contributed by atoms with E-state index in [1.165, 1.54) is 10.6 Å². The minimum absolute atomic E-state index is 0.0925. The average Bonchev–Trinajstić information content (AvgIpc) is 2.76. The van der Waals surface area contributed by atoms with Crippen LogP contribution in [0, 0.1) is 5.92 Å². The zero-order chi connectivity index (χ0) is 13.0. The summed E-state index contributed by atoms with van der Waals surface area (Å²) in [7, 11) is 0. The second-order valence-corrected chi connectivity index (χ2v) is 4.05. The molecule has 0 aromatic carbocycles. The van der Waals surface area contributed by atoms with E-state index in [1.54, 1.807) is 12.3 Å². The van der Waals surface area contributed by atoms with Crippen LogP contribution < -0.4 is 0 Å². The summed E-state index contributed by atoms with van der Waals surface area (Å²) < 4.78 is 1.43. The highest BCUT2D eigenvalue weighted by atomic mass is 16.4. The van der Waals surface area contributed by atoms with E-state index in [0.29, 0.717) is 6.42 Å². The van der Waals surface area contributed by atoms with Gasteiger partial charge in [-0.3, -0.25) is 4.79 Å². The molecule has 0 saturated carbocycles. The lowest BCUT2D eigenvalue weighted by Gasteiger charge is -2.22. The number of carboxylic acid groups (broad SMARTS) is 1. The number of rotatable bonds is 6. The van der Waals surface area contributed by atoms with E-state index in [2.05, 4.69) is 0 Å². The fourth-order valence-corrected chi connectivity index (χ4v) is 1.81. The van der Waals surface area contributed by atoms with Crippen LogP contribution in [-0.2, 0) is 4.79 Å². The zero-order valence-electron chi connectivity index (χ0n) is 9.96. The number of hydrogen-bond donors (Lipinski definition) is 2. The lowest BCUT2D eigenvalue weighted by Crippen LogP contribution is -2.28. The van der Waals surface area contributed by atoms with E-state index >= 15 is 0 Å². The Morgan fingerprint density at radius 3 is 2.59 bits per heavy atom. The van der Waals surface area contributed by atoms with Gasteiger partial charge < -0.3 is 14.8 Å². The smallest absolute Gasteiger partial charge is 0.326 e. The van der Waals surface area contributed by atoms with Gasteiger partial charge in [-0.15, -0.1) is 0 Å². The van der Waals surface area contributed by atoms with E-state index in [9.17, 15) is 14.7 Å². The Bertz CT molecular complexity index is 410. The van der Waals surface area contributed by atoms with Crippen LogP contribution in [0.3, 0.4) is 0 Å². The highest BCUT2D eigenvalue weighted by molar-refractivity contribution is 5.96. The van der Waals surface area contributed by atoms with Crippen molar-refractivity contribution in [3.05, 3.63) is 24.0 Å². The summed E-state index contributed by atoms with van der Waals surface area (Å²) in [5.74, 6) is -1.53. The molecule has 0 radical (unpaired) electrons. The summed E-state index contributed by atoms with van der Waals surface area (Å²) in [5.41, 5.74) is 0.236. The fraction of sp³-hybridized carbons (Fsp3) is 0.500. The molecule has 0 aliphatic heterocycles. The molecule has 1 aromatic heterocycles. The van der Waals surface area contributed by atoms with E-state index in [4.69, 9.17) is 5.11 Å². The summed E-state index contributed by atoms with van der Waals surface area (Å²) in [6.07, 6.45) is 2.26. The first kappa shape index (κ1) is 13.4. The van der Waals surface area contributed by atoms with Gasteiger partial charge in [-0.2, -0.15) is 0 Å². The van der Waals surface area contributed by atoms with Crippen LogP contribution in [0.5, 0.6) is 0 Å². The van der Waals surface area contributed by atoms with E-state index in [-0.39, 0.29) is 11.6 Å². The number of carboxylic acids is 1. The van der Waals surface area contributed by atoms with Crippen molar-refractivity contribution < 1.29 is 19.8 Å². The largest absolute Gasteiger partial charge is 0.480 e. The van der Waals surface area contributed by atoms with Crippen molar-refractivity contribution in [2.75, 3.05) is 6.61 Å². The molecule has 5 heteroatoms. The molecule has 94 valence electrons. The van der Waals surface area contributed by atoms with Crippen LogP contribution in [-0.4, -0.2) is 33.1 Å². The molecule has 1 heterocycles. The predicted molar refractivity (Wildman–Crippen MR) is 62.0 cm³/mol. The van der Waals surface area contributed by atoms with Gasteiger partial charge in [-0.25, -0.2) is 4.79 Å². The molecule has 0 spiro atoms.